The second-order valence-corrected chi connectivity index (χ2v) is 6.65. The molecule has 2 aromatic carbocycles. The lowest BCUT2D eigenvalue weighted by molar-refractivity contribution is -0.127. The molecule has 0 fully saturated rings. The first-order valence-corrected chi connectivity index (χ1v) is 9.42. The van der Waals surface area contributed by atoms with Gasteiger partial charge in [0.15, 0.2) is 11.9 Å². The van der Waals surface area contributed by atoms with Gasteiger partial charge in [-0.3, -0.25) is 14.9 Å². The van der Waals surface area contributed by atoms with Gasteiger partial charge < -0.3 is 14.5 Å². The van der Waals surface area contributed by atoms with E-state index >= 15 is 0 Å². The van der Waals surface area contributed by atoms with Gasteiger partial charge in [-0.25, -0.2) is 9.59 Å². The SMILES string of the molecule is CC(=O)c1ccc(-c2ccc(C(=O)OC(C)C(=O)NC(=O)Nc3ccccc3)o2)cc1. The molecule has 0 saturated heterocycles. The highest BCUT2D eigenvalue weighted by Gasteiger charge is 2.23. The fourth-order valence-corrected chi connectivity index (χ4v) is 2.64. The number of carbonyl (C=O) groups is 4. The third-order valence-corrected chi connectivity index (χ3v) is 4.30. The Morgan fingerprint density at radius 3 is 2.23 bits per heavy atom. The third-order valence-electron chi connectivity index (χ3n) is 4.30. The molecule has 31 heavy (non-hydrogen) atoms. The number of nitrogens with one attached hydrogen (secondary N) is 2. The lowest BCUT2D eigenvalue weighted by Crippen LogP contribution is -2.41. The van der Waals surface area contributed by atoms with Crippen LogP contribution in [-0.4, -0.2) is 29.8 Å². The van der Waals surface area contributed by atoms with Crippen LogP contribution in [0.1, 0.15) is 34.8 Å². The smallest absolute Gasteiger partial charge is 0.375 e. The largest absolute Gasteiger partial charge is 0.449 e. The quantitative estimate of drug-likeness (QED) is 0.459. The van der Waals surface area contributed by atoms with E-state index in [1.807, 2.05) is 0 Å². The van der Waals surface area contributed by atoms with Crippen molar-refractivity contribution in [2.75, 3.05) is 5.32 Å². The van der Waals surface area contributed by atoms with Crippen molar-refractivity contribution in [3.63, 3.8) is 0 Å². The number of hydrogen-bond acceptors (Lipinski definition) is 6. The van der Waals surface area contributed by atoms with Crippen molar-refractivity contribution in [1.82, 2.24) is 5.32 Å². The van der Waals surface area contributed by atoms with Crippen LogP contribution in [-0.2, 0) is 9.53 Å². The van der Waals surface area contributed by atoms with E-state index < -0.39 is 24.0 Å². The minimum absolute atomic E-state index is 0.0556. The van der Waals surface area contributed by atoms with Crippen molar-refractivity contribution in [3.05, 3.63) is 78.1 Å². The zero-order valence-electron chi connectivity index (χ0n) is 16.9. The summed E-state index contributed by atoms with van der Waals surface area (Å²) in [5.41, 5.74) is 1.75. The number of hydrogen-bond donors (Lipinski definition) is 2. The average Bonchev–Trinajstić information content (AvgIpc) is 3.25. The lowest BCUT2D eigenvalue weighted by atomic mass is 10.1. The molecule has 3 aromatic rings. The van der Waals surface area contributed by atoms with Gasteiger partial charge in [-0.05, 0) is 38.1 Å². The van der Waals surface area contributed by atoms with E-state index in [-0.39, 0.29) is 11.5 Å². The molecule has 0 aliphatic heterocycles. The van der Waals surface area contributed by atoms with Gasteiger partial charge in [-0.15, -0.1) is 0 Å². The number of imide groups is 1. The van der Waals surface area contributed by atoms with Gasteiger partial charge in [0.05, 0.1) is 0 Å². The minimum atomic E-state index is -1.22. The van der Waals surface area contributed by atoms with E-state index in [4.69, 9.17) is 9.15 Å². The first-order chi connectivity index (χ1) is 14.8. The maximum atomic E-state index is 12.3. The van der Waals surface area contributed by atoms with Crippen LogP contribution in [0.15, 0.2) is 71.1 Å². The van der Waals surface area contributed by atoms with Crippen LogP contribution in [0.25, 0.3) is 11.3 Å². The molecule has 158 valence electrons. The van der Waals surface area contributed by atoms with Gasteiger partial charge in [0.2, 0.25) is 5.76 Å². The van der Waals surface area contributed by atoms with Crippen molar-refractivity contribution < 1.29 is 28.3 Å². The van der Waals surface area contributed by atoms with Crippen molar-refractivity contribution in [2.24, 2.45) is 0 Å². The first-order valence-electron chi connectivity index (χ1n) is 9.42. The minimum Gasteiger partial charge on any atom is -0.449 e. The molecule has 0 spiro atoms. The monoisotopic (exact) mass is 420 g/mol. The molecule has 3 amide bonds. The molecule has 8 nitrogen and oxygen atoms in total. The topological polar surface area (TPSA) is 115 Å². The van der Waals surface area contributed by atoms with Crippen LogP contribution >= 0.6 is 0 Å². The molecule has 2 N–H and O–H groups in total. The van der Waals surface area contributed by atoms with E-state index in [0.29, 0.717) is 22.6 Å². The second kappa shape index (κ2) is 9.53. The maximum absolute atomic E-state index is 12.3. The summed E-state index contributed by atoms with van der Waals surface area (Å²) in [5, 5.41) is 4.60. The fraction of sp³-hybridized carbons (Fsp3) is 0.130. The molecule has 0 aliphatic carbocycles. The lowest BCUT2D eigenvalue weighted by Gasteiger charge is -2.12. The highest BCUT2D eigenvalue weighted by atomic mass is 16.6. The van der Waals surface area contributed by atoms with Gasteiger partial charge in [-0.1, -0.05) is 42.5 Å². The number of furan rings is 1. The van der Waals surface area contributed by atoms with Crippen LogP contribution < -0.4 is 10.6 Å². The van der Waals surface area contributed by atoms with Gasteiger partial charge in [0, 0.05) is 16.8 Å². The highest BCUT2D eigenvalue weighted by molar-refractivity contribution is 6.03. The summed E-state index contributed by atoms with van der Waals surface area (Å²) in [5.74, 6) is -1.38. The number of carbonyl (C=O) groups excluding carboxylic acids is 4. The summed E-state index contributed by atoms with van der Waals surface area (Å²) in [6, 6.07) is 17.6. The zero-order valence-corrected chi connectivity index (χ0v) is 16.9. The summed E-state index contributed by atoms with van der Waals surface area (Å²) in [7, 11) is 0. The van der Waals surface area contributed by atoms with Crippen LogP contribution in [0.5, 0.6) is 0 Å². The van der Waals surface area contributed by atoms with E-state index in [9.17, 15) is 19.2 Å². The maximum Gasteiger partial charge on any atom is 0.375 e. The number of rotatable bonds is 6. The number of Topliss-reactive ketones (excluding diaryl/α,β-unsaturated/α-hetero) is 1. The summed E-state index contributed by atoms with van der Waals surface area (Å²) >= 11 is 0. The van der Waals surface area contributed by atoms with Crippen LogP contribution in [0, 0.1) is 0 Å². The van der Waals surface area contributed by atoms with Crippen molar-refractivity contribution >= 4 is 29.4 Å². The Kier molecular flexibility index (Phi) is 6.61. The van der Waals surface area contributed by atoms with Crippen LogP contribution in [0.3, 0.4) is 0 Å². The number of esters is 1. The van der Waals surface area contributed by atoms with E-state index in [1.165, 1.54) is 19.9 Å². The molecule has 0 saturated carbocycles. The molecule has 0 radical (unpaired) electrons. The molecule has 1 heterocycles. The summed E-state index contributed by atoms with van der Waals surface area (Å²) in [6.45, 7) is 2.81. The molecule has 0 aliphatic rings. The molecule has 1 unspecified atom stereocenters. The Hall–Kier alpha value is -4.20. The number of anilines is 1. The van der Waals surface area contributed by atoms with E-state index in [0.717, 1.165) is 0 Å². The van der Waals surface area contributed by atoms with Gasteiger partial charge >= 0.3 is 12.0 Å². The summed E-state index contributed by atoms with van der Waals surface area (Å²) < 4.78 is 10.6. The van der Waals surface area contributed by atoms with Crippen LogP contribution in [0.2, 0.25) is 0 Å². The fourth-order valence-electron chi connectivity index (χ4n) is 2.64. The van der Waals surface area contributed by atoms with Crippen LogP contribution in [0.4, 0.5) is 10.5 Å². The number of ether oxygens (including phenoxy) is 1. The summed E-state index contributed by atoms with van der Waals surface area (Å²) in [6.07, 6.45) is -1.22. The average molecular weight is 420 g/mol. The molecular formula is C23H20N2O6. The van der Waals surface area contributed by atoms with Crippen molar-refractivity contribution in [2.45, 2.75) is 20.0 Å². The number of amides is 3. The van der Waals surface area contributed by atoms with Gasteiger partial charge in [0.1, 0.15) is 5.76 Å². The molecule has 1 aromatic heterocycles. The standard InChI is InChI=1S/C23H20N2O6/c1-14(26)16-8-10-17(11-9-16)19-12-13-20(31-19)22(28)30-15(2)21(27)25-23(29)24-18-6-4-3-5-7-18/h3-13,15H,1-2H3,(H2,24,25,27,29). The number of urea groups is 1. The Bertz CT molecular complexity index is 1100. The Balaban J connectivity index is 1.56. The molecule has 8 heteroatoms. The first kappa shape index (κ1) is 21.5. The Morgan fingerprint density at radius 2 is 1.58 bits per heavy atom. The van der Waals surface area contributed by atoms with E-state index in [1.54, 1.807) is 60.7 Å². The van der Waals surface area contributed by atoms with Crippen molar-refractivity contribution in [3.8, 4) is 11.3 Å². The third kappa shape index (κ3) is 5.66. The number of benzene rings is 2. The van der Waals surface area contributed by atoms with E-state index in [2.05, 4.69) is 10.6 Å². The Labute approximate surface area is 178 Å². The number of ketones is 1. The second-order valence-electron chi connectivity index (χ2n) is 6.65. The predicted molar refractivity (Wildman–Crippen MR) is 113 cm³/mol. The molecule has 0 bridgehead atoms. The molecular weight excluding hydrogens is 400 g/mol. The Morgan fingerprint density at radius 1 is 0.903 bits per heavy atom. The number of para-hydroxylation sites is 1. The normalized spacial score (nSPS) is 11.3. The predicted octanol–water partition coefficient (Wildman–Crippen LogP) is 4.04. The highest BCUT2D eigenvalue weighted by Crippen LogP contribution is 2.23. The summed E-state index contributed by atoms with van der Waals surface area (Å²) in [4.78, 5) is 47.6. The van der Waals surface area contributed by atoms with Crippen molar-refractivity contribution in [1.29, 1.82) is 0 Å². The van der Waals surface area contributed by atoms with Gasteiger partial charge in [-0.2, -0.15) is 0 Å². The molecule has 1 atom stereocenters. The molecule has 3 rings (SSSR count). The van der Waals surface area contributed by atoms with Gasteiger partial charge in [0.25, 0.3) is 5.91 Å². The zero-order chi connectivity index (χ0) is 22.4.